The first kappa shape index (κ1) is 14.6. The molecule has 2 atom stereocenters. The molecule has 2 unspecified atom stereocenters. The van der Waals surface area contributed by atoms with Crippen molar-refractivity contribution in [3.8, 4) is 0 Å². The molecule has 1 fully saturated rings. The van der Waals surface area contributed by atoms with E-state index in [0.29, 0.717) is 11.5 Å². The van der Waals surface area contributed by atoms with Gasteiger partial charge in [-0.2, -0.15) is 0 Å². The van der Waals surface area contributed by atoms with Gasteiger partial charge in [0, 0.05) is 10.3 Å². The maximum atomic E-state index is 12.5. The van der Waals surface area contributed by atoms with Gasteiger partial charge in [-0.1, -0.05) is 6.92 Å². The van der Waals surface area contributed by atoms with Gasteiger partial charge in [0.1, 0.15) is 5.54 Å². The van der Waals surface area contributed by atoms with Gasteiger partial charge in [0.15, 0.2) is 0 Å². The highest BCUT2D eigenvalue weighted by Gasteiger charge is 2.48. The molecule has 3 rings (SSSR count). The summed E-state index contributed by atoms with van der Waals surface area (Å²) in [6.07, 6.45) is 4.82. The minimum absolute atomic E-state index is 0.0634. The fourth-order valence-corrected chi connectivity index (χ4v) is 4.41. The summed E-state index contributed by atoms with van der Waals surface area (Å²) < 4.78 is 0. The van der Waals surface area contributed by atoms with E-state index in [2.05, 4.69) is 12.2 Å². The van der Waals surface area contributed by atoms with Crippen molar-refractivity contribution in [3.63, 3.8) is 0 Å². The Hall–Kier alpha value is -1.36. The SMILES string of the molecule is CC1CCc2c(C(=O)NC(C)(C(=O)O)C3CC3)csc2C1. The third-order valence-corrected chi connectivity index (χ3v) is 5.91. The monoisotopic (exact) mass is 307 g/mol. The Morgan fingerprint density at radius 2 is 2.10 bits per heavy atom. The molecule has 2 aliphatic carbocycles. The number of carboxylic acid groups (broad SMARTS) is 1. The standard InChI is InChI=1S/C16H21NO3S/c1-9-3-6-11-12(8-21-13(11)7-9)14(18)17-16(2,15(19)20)10-4-5-10/h8-10H,3-7H2,1-2H3,(H,17,18)(H,19,20). The van der Waals surface area contributed by atoms with Gasteiger partial charge < -0.3 is 10.4 Å². The molecule has 2 N–H and O–H groups in total. The van der Waals surface area contributed by atoms with Crippen LogP contribution in [-0.4, -0.2) is 22.5 Å². The second kappa shape index (κ2) is 5.13. The van der Waals surface area contributed by atoms with Crippen LogP contribution in [0.4, 0.5) is 0 Å². The first-order valence-electron chi connectivity index (χ1n) is 7.57. The van der Waals surface area contributed by atoms with Crippen molar-refractivity contribution >= 4 is 23.2 Å². The Morgan fingerprint density at radius 1 is 1.38 bits per heavy atom. The van der Waals surface area contributed by atoms with Crippen LogP contribution in [-0.2, 0) is 17.6 Å². The molecule has 114 valence electrons. The van der Waals surface area contributed by atoms with Crippen LogP contribution < -0.4 is 5.32 Å². The average Bonchev–Trinajstić information content (AvgIpc) is 3.19. The Kier molecular flexibility index (Phi) is 3.56. The predicted octanol–water partition coefficient (Wildman–Crippen LogP) is 2.86. The number of hydrogen-bond acceptors (Lipinski definition) is 3. The van der Waals surface area contributed by atoms with Gasteiger partial charge in [0.2, 0.25) is 0 Å². The van der Waals surface area contributed by atoms with E-state index >= 15 is 0 Å². The number of amides is 1. The summed E-state index contributed by atoms with van der Waals surface area (Å²) >= 11 is 1.63. The summed E-state index contributed by atoms with van der Waals surface area (Å²) in [5, 5.41) is 14.1. The van der Waals surface area contributed by atoms with E-state index in [4.69, 9.17) is 0 Å². The first-order chi connectivity index (χ1) is 9.91. The molecular weight excluding hydrogens is 286 g/mol. The molecule has 4 nitrogen and oxygen atoms in total. The minimum Gasteiger partial charge on any atom is -0.480 e. The number of aliphatic carboxylic acids is 1. The lowest BCUT2D eigenvalue weighted by molar-refractivity contribution is -0.144. The summed E-state index contributed by atoms with van der Waals surface area (Å²) in [5.41, 5.74) is 0.697. The quantitative estimate of drug-likeness (QED) is 0.899. The zero-order chi connectivity index (χ0) is 15.2. The molecule has 0 spiro atoms. The van der Waals surface area contributed by atoms with Crippen LogP contribution in [0, 0.1) is 11.8 Å². The molecule has 0 aliphatic heterocycles. The van der Waals surface area contributed by atoms with Crippen LogP contribution in [0.2, 0.25) is 0 Å². The summed E-state index contributed by atoms with van der Waals surface area (Å²) in [5.74, 6) is -0.425. The zero-order valence-corrected chi connectivity index (χ0v) is 13.3. The lowest BCUT2D eigenvalue weighted by atomic mass is 9.88. The molecule has 0 radical (unpaired) electrons. The van der Waals surface area contributed by atoms with Crippen molar-refractivity contribution in [2.75, 3.05) is 0 Å². The highest BCUT2D eigenvalue weighted by atomic mass is 32.1. The van der Waals surface area contributed by atoms with E-state index in [1.165, 1.54) is 4.88 Å². The summed E-state index contributed by atoms with van der Waals surface area (Å²) in [6, 6.07) is 0. The molecule has 1 aromatic rings. The zero-order valence-electron chi connectivity index (χ0n) is 12.4. The van der Waals surface area contributed by atoms with E-state index in [9.17, 15) is 14.7 Å². The van der Waals surface area contributed by atoms with Gasteiger partial charge in [0.05, 0.1) is 5.56 Å². The summed E-state index contributed by atoms with van der Waals surface area (Å²) in [6.45, 7) is 3.86. The van der Waals surface area contributed by atoms with Gasteiger partial charge >= 0.3 is 5.97 Å². The normalized spacial score (nSPS) is 24.0. The largest absolute Gasteiger partial charge is 0.480 e. The molecule has 2 aliphatic rings. The van der Waals surface area contributed by atoms with Crippen LogP contribution in [0.5, 0.6) is 0 Å². The average molecular weight is 307 g/mol. The number of carbonyl (C=O) groups excluding carboxylic acids is 1. The first-order valence-corrected chi connectivity index (χ1v) is 8.45. The number of carbonyl (C=O) groups is 2. The Bertz CT molecular complexity index is 590. The van der Waals surface area contributed by atoms with Crippen molar-refractivity contribution in [3.05, 3.63) is 21.4 Å². The van der Waals surface area contributed by atoms with E-state index in [1.807, 2.05) is 5.38 Å². The molecule has 0 aromatic carbocycles. The topological polar surface area (TPSA) is 66.4 Å². The molecule has 1 amide bonds. The maximum Gasteiger partial charge on any atom is 0.329 e. The number of rotatable bonds is 4. The fourth-order valence-electron chi connectivity index (χ4n) is 3.16. The van der Waals surface area contributed by atoms with Crippen LogP contribution in [0.3, 0.4) is 0 Å². The van der Waals surface area contributed by atoms with E-state index in [0.717, 1.165) is 37.7 Å². The van der Waals surface area contributed by atoms with Crippen molar-refractivity contribution < 1.29 is 14.7 Å². The minimum atomic E-state index is -1.13. The van der Waals surface area contributed by atoms with Gasteiger partial charge in [-0.25, -0.2) is 4.79 Å². The Balaban J connectivity index is 1.81. The van der Waals surface area contributed by atoms with E-state index < -0.39 is 11.5 Å². The molecule has 5 heteroatoms. The van der Waals surface area contributed by atoms with E-state index in [1.54, 1.807) is 18.3 Å². The van der Waals surface area contributed by atoms with Gasteiger partial charge in [-0.15, -0.1) is 11.3 Å². The molecule has 1 aromatic heterocycles. The van der Waals surface area contributed by atoms with Gasteiger partial charge in [-0.05, 0) is 56.4 Å². The summed E-state index contributed by atoms with van der Waals surface area (Å²) in [4.78, 5) is 25.4. The van der Waals surface area contributed by atoms with Crippen LogP contribution in [0.1, 0.15) is 53.9 Å². The third-order valence-electron chi connectivity index (χ3n) is 4.86. The Labute approximate surface area is 128 Å². The van der Waals surface area contributed by atoms with E-state index in [-0.39, 0.29) is 11.8 Å². The van der Waals surface area contributed by atoms with Crippen LogP contribution >= 0.6 is 11.3 Å². The maximum absolute atomic E-state index is 12.5. The second-order valence-corrected chi connectivity index (χ2v) is 7.60. The smallest absolute Gasteiger partial charge is 0.329 e. The number of fused-ring (bicyclic) bond motifs is 1. The summed E-state index contributed by atoms with van der Waals surface area (Å²) in [7, 11) is 0. The molecule has 0 bridgehead atoms. The van der Waals surface area contributed by atoms with Gasteiger partial charge in [-0.3, -0.25) is 4.79 Å². The van der Waals surface area contributed by atoms with Crippen molar-refractivity contribution in [2.45, 2.75) is 51.5 Å². The second-order valence-electron chi connectivity index (χ2n) is 6.63. The van der Waals surface area contributed by atoms with Crippen molar-refractivity contribution in [1.82, 2.24) is 5.32 Å². The number of carboxylic acids is 1. The highest BCUT2D eigenvalue weighted by Crippen LogP contribution is 2.40. The predicted molar refractivity (Wildman–Crippen MR) is 81.7 cm³/mol. The molecule has 1 saturated carbocycles. The molecular formula is C16H21NO3S. The lowest BCUT2D eigenvalue weighted by Gasteiger charge is -2.26. The fraction of sp³-hybridized carbons (Fsp3) is 0.625. The van der Waals surface area contributed by atoms with Crippen molar-refractivity contribution in [2.24, 2.45) is 11.8 Å². The third kappa shape index (κ3) is 2.59. The van der Waals surface area contributed by atoms with Gasteiger partial charge in [0.25, 0.3) is 5.91 Å². The van der Waals surface area contributed by atoms with Crippen molar-refractivity contribution in [1.29, 1.82) is 0 Å². The lowest BCUT2D eigenvalue weighted by Crippen LogP contribution is -2.54. The molecule has 21 heavy (non-hydrogen) atoms. The number of hydrogen-bond donors (Lipinski definition) is 2. The molecule has 1 heterocycles. The number of nitrogens with one attached hydrogen (secondary N) is 1. The van der Waals surface area contributed by atoms with Crippen LogP contribution in [0.25, 0.3) is 0 Å². The Morgan fingerprint density at radius 3 is 2.71 bits per heavy atom. The van der Waals surface area contributed by atoms with Crippen LogP contribution in [0.15, 0.2) is 5.38 Å². The number of thiophene rings is 1. The highest BCUT2D eigenvalue weighted by molar-refractivity contribution is 7.10. The molecule has 0 saturated heterocycles.